The molecule has 1 N–H and O–H groups in total. The molecular formula is C19H22F2N6O2. The van der Waals surface area contributed by atoms with Crippen molar-refractivity contribution >= 4 is 5.82 Å². The summed E-state index contributed by atoms with van der Waals surface area (Å²) in [7, 11) is 0. The van der Waals surface area contributed by atoms with E-state index in [2.05, 4.69) is 25.6 Å². The summed E-state index contributed by atoms with van der Waals surface area (Å²) in [5.41, 5.74) is 0.850. The van der Waals surface area contributed by atoms with Crippen LogP contribution in [0, 0.1) is 13.8 Å². The number of hydrogen-bond acceptors (Lipinski definition) is 7. The first-order valence-corrected chi connectivity index (χ1v) is 9.47. The zero-order valence-electron chi connectivity index (χ0n) is 16.2. The zero-order valence-corrected chi connectivity index (χ0v) is 16.2. The molecule has 8 nitrogen and oxygen atoms in total. The summed E-state index contributed by atoms with van der Waals surface area (Å²) >= 11 is 0. The largest absolute Gasteiger partial charge is 0.484 e. The molecule has 1 saturated carbocycles. The van der Waals surface area contributed by atoms with Gasteiger partial charge in [0.05, 0.1) is 5.69 Å². The minimum absolute atomic E-state index is 0.0665. The van der Waals surface area contributed by atoms with Crippen molar-refractivity contribution in [2.75, 3.05) is 5.32 Å². The highest BCUT2D eigenvalue weighted by Gasteiger charge is 2.35. The maximum absolute atomic E-state index is 13.4. The normalized spacial score (nSPS) is 16.7. The molecule has 0 aliphatic heterocycles. The molecule has 1 aliphatic rings. The van der Waals surface area contributed by atoms with Crippen LogP contribution in [0.25, 0.3) is 5.82 Å². The van der Waals surface area contributed by atoms with Crippen LogP contribution in [0.5, 0.6) is 5.75 Å². The molecule has 29 heavy (non-hydrogen) atoms. The lowest BCUT2D eigenvalue weighted by molar-refractivity contribution is -0.0361. The second-order valence-electron chi connectivity index (χ2n) is 7.23. The Morgan fingerprint density at radius 1 is 1.24 bits per heavy atom. The molecular weight excluding hydrogens is 382 g/mol. The van der Waals surface area contributed by atoms with Gasteiger partial charge in [-0.2, -0.15) is 5.10 Å². The predicted octanol–water partition coefficient (Wildman–Crippen LogP) is 3.84. The Balaban J connectivity index is 1.54. The van der Waals surface area contributed by atoms with Crippen LogP contribution in [0.4, 0.5) is 14.6 Å². The molecule has 4 rings (SSSR count). The summed E-state index contributed by atoms with van der Waals surface area (Å²) in [6.45, 7) is 3.70. The second-order valence-corrected chi connectivity index (χ2v) is 7.23. The Bertz CT molecular complexity index is 977. The van der Waals surface area contributed by atoms with Gasteiger partial charge >= 0.3 is 0 Å². The number of anilines is 1. The smallest absolute Gasteiger partial charge is 0.253 e. The van der Waals surface area contributed by atoms with Gasteiger partial charge in [0.15, 0.2) is 12.4 Å². The third kappa shape index (κ3) is 4.87. The number of alkyl halides is 2. The van der Waals surface area contributed by atoms with Crippen molar-refractivity contribution in [1.29, 1.82) is 0 Å². The molecule has 3 aromatic rings. The molecule has 0 bridgehead atoms. The van der Waals surface area contributed by atoms with Crippen molar-refractivity contribution in [3.8, 4) is 11.6 Å². The van der Waals surface area contributed by atoms with E-state index in [1.165, 1.54) is 0 Å². The van der Waals surface area contributed by atoms with E-state index < -0.39 is 5.92 Å². The molecule has 3 heterocycles. The van der Waals surface area contributed by atoms with Crippen molar-refractivity contribution in [3.63, 3.8) is 0 Å². The molecule has 0 radical (unpaired) electrons. The van der Waals surface area contributed by atoms with Crippen molar-refractivity contribution in [2.45, 2.75) is 58.1 Å². The van der Waals surface area contributed by atoms with E-state index in [1.54, 1.807) is 29.9 Å². The number of aromatic nitrogens is 5. The van der Waals surface area contributed by atoms with Gasteiger partial charge < -0.3 is 14.5 Å². The SMILES string of the molecule is Cc1ccn(-c2cc(OCc3nnc(C)o3)cc(NC3CCC(F)(F)CC3)n2)n1. The fourth-order valence-corrected chi connectivity index (χ4v) is 3.24. The first-order chi connectivity index (χ1) is 13.9. The van der Waals surface area contributed by atoms with Gasteiger partial charge in [-0.3, -0.25) is 0 Å². The molecule has 1 aliphatic carbocycles. The van der Waals surface area contributed by atoms with E-state index in [4.69, 9.17) is 9.15 Å². The van der Waals surface area contributed by atoms with Crippen LogP contribution in [-0.2, 0) is 6.61 Å². The molecule has 154 valence electrons. The Kier molecular flexibility index (Phi) is 5.16. The van der Waals surface area contributed by atoms with E-state index in [-0.39, 0.29) is 25.5 Å². The summed E-state index contributed by atoms with van der Waals surface area (Å²) < 4.78 is 39.6. The topological polar surface area (TPSA) is 90.9 Å². The van der Waals surface area contributed by atoms with Crippen LogP contribution in [-0.4, -0.2) is 36.9 Å². The fourth-order valence-electron chi connectivity index (χ4n) is 3.24. The number of ether oxygens (including phenoxy) is 1. The maximum atomic E-state index is 13.4. The van der Waals surface area contributed by atoms with Crippen molar-refractivity contribution in [2.24, 2.45) is 0 Å². The average Bonchev–Trinajstić information content (AvgIpc) is 3.30. The van der Waals surface area contributed by atoms with E-state index in [9.17, 15) is 8.78 Å². The molecule has 0 saturated heterocycles. The van der Waals surface area contributed by atoms with Crippen molar-refractivity contribution in [1.82, 2.24) is 25.0 Å². The highest BCUT2D eigenvalue weighted by molar-refractivity contribution is 5.47. The Labute approximate surface area is 166 Å². The predicted molar refractivity (Wildman–Crippen MR) is 100 cm³/mol. The lowest BCUT2D eigenvalue weighted by Crippen LogP contribution is -2.32. The minimum Gasteiger partial charge on any atom is -0.484 e. The lowest BCUT2D eigenvalue weighted by atomic mass is 9.92. The van der Waals surface area contributed by atoms with Crippen LogP contribution in [0.1, 0.15) is 43.2 Å². The summed E-state index contributed by atoms with van der Waals surface area (Å²) in [6.07, 6.45) is 2.33. The van der Waals surface area contributed by atoms with E-state index >= 15 is 0 Å². The third-order valence-electron chi connectivity index (χ3n) is 4.74. The molecule has 0 aromatic carbocycles. The van der Waals surface area contributed by atoms with E-state index in [1.807, 2.05) is 13.0 Å². The minimum atomic E-state index is -2.57. The molecule has 0 spiro atoms. The fraction of sp³-hybridized carbons (Fsp3) is 0.474. The highest BCUT2D eigenvalue weighted by atomic mass is 19.3. The van der Waals surface area contributed by atoms with Gasteiger partial charge in [0.1, 0.15) is 11.6 Å². The molecule has 3 aromatic heterocycles. The Hall–Kier alpha value is -3.04. The number of nitrogens with zero attached hydrogens (tertiary/aromatic N) is 5. The number of pyridine rings is 1. The zero-order chi connectivity index (χ0) is 20.4. The average molecular weight is 404 g/mol. The number of halogens is 2. The first kappa shape index (κ1) is 19.3. The van der Waals surface area contributed by atoms with Gasteiger partial charge in [0.2, 0.25) is 11.8 Å². The van der Waals surface area contributed by atoms with Gasteiger partial charge in [0.25, 0.3) is 5.89 Å². The van der Waals surface area contributed by atoms with Crippen molar-refractivity contribution in [3.05, 3.63) is 41.9 Å². The Morgan fingerprint density at radius 2 is 2.03 bits per heavy atom. The maximum Gasteiger partial charge on any atom is 0.253 e. The second kappa shape index (κ2) is 7.76. The summed E-state index contributed by atoms with van der Waals surface area (Å²) in [4.78, 5) is 4.58. The molecule has 1 fully saturated rings. The first-order valence-electron chi connectivity index (χ1n) is 9.47. The number of hydrogen-bond donors (Lipinski definition) is 1. The summed E-state index contributed by atoms with van der Waals surface area (Å²) in [5.74, 6) is -0.121. The van der Waals surface area contributed by atoms with Crippen LogP contribution >= 0.6 is 0 Å². The van der Waals surface area contributed by atoms with Crippen LogP contribution < -0.4 is 10.1 Å². The van der Waals surface area contributed by atoms with Gasteiger partial charge in [0, 0.05) is 44.1 Å². The van der Waals surface area contributed by atoms with Crippen LogP contribution in [0.3, 0.4) is 0 Å². The third-order valence-corrected chi connectivity index (χ3v) is 4.74. The lowest BCUT2D eigenvalue weighted by Gasteiger charge is -2.29. The number of aryl methyl sites for hydroxylation is 2. The quantitative estimate of drug-likeness (QED) is 0.667. The summed E-state index contributed by atoms with van der Waals surface area (Å²) in [6, 6.07) is 5.28. The van der Waals surface area contributed by atoms with Gasteiger partial charge in [-0.15, -0.1) is 10.2 Å². The van der Waals surface area contributed by atoms with Crippen LogP contribution in [0.2, 0.25) is 0 Å². The Morgan fingerprint density at radius 3 is 2.69 bits per heavy atom. The molecule has 0 amide bonds. The van der Waals surface area contributed by atoms with Gasteiger partial charge in [-0.1, -0.05) is 0 Å². The van der Waals surface area contributed by atoms with Gasteiger partial charge in [-0.25, -0.2) is 18.4 Å². The highest BCUT2D eigenvalue weighted by Crippen LogP contribution is 2.34. The van der Waals surface area contributed by atoms with Crippen molar-refractivity contribution < 1.29 is 17.9 Å². The molecule has 0 unspecified atom stereocenters. The van der Waals surface area contributed by atoms with E-state index in [0.29, 0.717) is 42.0 Å². The monoisotopic (exact) mass is 404 g/mol. The standard InChI is InChI=1S/C19H22F2N6O2/c1-12-5-8-27(26-12)17-10-15(28-11-18-25-24-13(2)29-18)9-16(23-17)22-14-3-6-19(20,21)7-4-14/h5,8-10,14H,3-4,6-7,11H2,1-2H3,(H,22,23). The van der Waals surface area contributed by atoms with Crippen LogP contribution in [0.15, 0.2) is 28.8 Å². The van der Waals surface area contributed by atoms with Gasteiger partial charge in [-0.05, 0) is 25.8 Å². The molecule has 0 atom stereocenters. The number of nitrogens with one attached hydrogen (secondary N) is 1. The van der Waals surface area contributed by atoms with E-state index in [0.717, 1.165) is 5.69 Å². The summed E-state index contributed by atoms with van der Waals surface area (Å²) in [5, 5.41) is 15.3. The number of rotatable bonds is 6. The molecule has 10 heteroatoms.